The molecule has 0 spiro atoms. The summed E-state index contributed by atoms with van der Waals surface area (Å²) in [4.78, 5) is 24.7. The van der Waals surface area contributed by atoms with Gasteiger partial charge in [0.2, 0.25) is 5.91 Å². The highest BCUT2D eigenvalue weighted by Crippen LogP contribution is 2.18. The van der Waals surface area contributed by atoms with E-state index in [-0.39, 0.29) is 23.9 Å². The number of fused-ring (bicyclic) bond motifs is 1. The Kier molecular flexibility index (Phi) is 5.14. The van der Waals surface area contributed by atoms with Crippen LogP contribution in [0.4, 0.5) is 0 Å². The number of amides is 1. The van der Waals surface area contributed by atoms with Gasteiger partial charge in [-0.3, -0.25) is 9.59 Å². The van der Waals surface area contributed by atoms with Gasteiger partial charge in [-0.2, -0.15) is 0 Å². The molecule has 0 saturated heterocycles. The van der Waals surface area contributed by atoms with Crippen molar-refractivity contribution >= 4 is 28.4 Å². The van der Waals surface area contributed by atoms with Crippen molar-refractivity contribution in [2.75, 3.05) is 0 Å². The van der Waals surface area contributed by atoms with Crippen LogP contribution in [-0.2, 0) is 11.3 Å². The first-order valence-corrected chi connectivity index (χ1v) is 8.88. The lowest BCUT2D eigenvalue weighted by Crippen LogP contribution is -2.30. The van der Waals surface area contributed by atoms with Crippen molar-refractivity contribution in [2.24, 2.45) is 0 Å². The second-order valence-corrected chi connectivity index (χ2v) is 7.06. The van der Waals surface area contributed by atoms with E-state index < -0.39 is 0 Å². The smallest absolute Gasteiger partial charge is 0.240 e. The summed E-state index contributed by atoms with van der Waals surface area (Å²) in [6.07, 6.45) is 1.68. The van der Waals surface area contributed by atoms with Crippen molar-refractivity contribution < 1.29 is 4.79 Å². The zero-order valence-corrected chi connectivity index (χ0v) is 15.8. The van der Waals surface area contributed by atoms with Crippen molar-refractivity contribution in [2.45, 2.75) is 33.4 Å². The summed E-state index contributed by atoms with van der Waals surface area (Å²) in [7, 11) is 0. The molecule has 2 aromatic carbocycles. The SMILES string of the molecule is Cc1cc(C)c2c(=O)ccn(CC(=O)N[C@@H](C)c3ccc(Cl)cc3)c2c1. The summed E-state index contributed by atoms with van der Waals surface area (Å²) in [5.41, 5.74) is 3.73. The molecule has 0 fully saturated rings. The van der Waals surface area contributed by atoms with Crippen LogP contribution in [-0.4, -0.2) is 10.5 Å². The number of nitrogens with zero attached hydrogens (tertiary/aromatic N) is 1. The molecule has 3 aromatic rings. The number of carbonyl (C=O) groups excluding carboxylic acids is 1. The second-order valence-electron chi connectivity index (χ2n) is 6.62. The molecule has 1 heterocycles. The molecule has 0 radical (unpaired) electrons. The number of aromatic nitrogens is 1. The molecule has 5 heteroatoms. The zero-order valence-electron chi connectivity index (χ0n) is 15.0. The first-order chi connectivity index (χ1) is 12.3. The number of benzene rings is 2. The van der Waals surface area contributed by atoms with Gasteiger partial charge in [-0.15, -0.1) is 0 Å². The van der Waals surface area contributed by atoms with Crippen LogP contribution in [0.25, 0.3) is 10.9 Å². The van der Waals surface area contributed by atoms with E-state index in [1.807, 2.05) is 49.6 Å². The molecule has 1 amide bonds. The largest absolute Gasteiger partial charge is 0.348 e. The van der Waals surface area contributed by atoms with E-state index in [1.165, 1.54) is 6.07 Å². The molecule has 26 heavy (non-hydrogen) atoms. The molecule has 0 unspecified atom stereocenters. The second kappa shape index (κ2) is 7.34. The molecule has 0 aliphatic carbocycles. The predicted octanol–water partition coefficient (Wildman–Crippen LogP) is 4.15. The van der Waals surface area contributed by atoms with Crippen molar-refractivity contribution in [3.63, 3.8) is 0 Å². The third-order valence-corrected chi connectivity index (χ3v) is 4.73. The van der Waals surface area contributed by atoms with Gasteiger partial charge in [0.1, 0.15) is 6.54 Å². The quantitative estimate of drug-likeness (QED) is 0.752. The van der Waals surface area contributed by atoms with Crippen LogP contribution in [0.3, 0.4) is 0 Å². The van der Waals surface area contributed by atoms with Gasteiger partial charge < -0.3 is 9.88 Å². The zero-order chi connectivity index (χ0) is 18.8. The van der Waals surface area contributed by atoms with Crippen molar-refractivity contribution in [3.8, 4) is 0 Å². The lowest BCUT2D eigenvalue weighted by Gasteiger charge is -2.17. The minimum atomic E-state index is -0.131. The van der Waals surface area contributed by atoms with Gasteiger partial charge >= 0.3 is 0 Å². The molecule has 1 atom stereocenters. The molecule has 134 valence electrons. The van der Waals surface area contributed by atoms with Crippen LogP contribution < -0.4 is 10.7 Å². The van der Waals surface area contributed by atoms with Crippen molar-refractivity contribution in [3.05, 3.63) is 80.6 Å². The Balaban J connectivity index is 1.84. The van der Waals surface area contributed by atoms with Crippen molar-refractivity contribution in [1.82, 2.24) is 9.88 Å². The van der Waals surface area contributed by atoms with Crippen molar-refractivity contribution in [1.29, 1.82) is 0 Å². The van der Waals surface area contributed by atoms with E-state index in [4.69, 9.17) is 11.6 Å². The minimum absolute atomic E-state index is 0.0244. The molecule has 0 aliphatic rings. The first-order valence-electron chi connectivity index (χ1n) is 8.50. The van der Waals surface area contributed by atoms with Gasteiger partial charge in [-0.1, -0.05) is 29.8 Å². The Morgan fingerprint density at radius 3 is 2.54 bits per heavy atom. The molecule has 0 aliphatic heterocycles. The van der Waals surface area contributed by atoms with Gasteiger partial charge in [0.15, 0.2) is 5.43 Å². The average Bonchev–Trinajstić information content (AvgIpc) is 2.57. The molecule has 3 rings (SSSR count). The summed E-state index contributed by atoms with van der Waals surface area (Å²) < 4.78 is 1.82. The third kappa shape index (κ3) is 3.81. The Morgan fingerprint density at radius 2 is 1.85 bits per heavy atom. The highest BCUT2D eigenvalue weighted by molar-refractivity contribution is 6.30. The number of carbonyl (C=O) groups is 1. The van der Waals surface area contributed by atoms with Gasteiger partial charge in [0.05, 0.1) is 11.6 Å². The maximum atomic E-state index is 12.5. The number of hydrogen-bond donors (Lipinski definition) is 1. The maximum absolute atomic E-state index is 12.5. The lowest BCUT2D eigenvalue weighted by molar-refractivity contribution is -0.122. The third-order valence-electron chi connectivity index (χ3n) is 4.48. The number of nitrogens with one attached hydrogen (secondary N) is 1. The molecule has 0 saturated carbocycles. The lowest BCUT2D eigenvalue weighted by atomic mass is 10.1. The normalized spacial score (nSPS) is 12.2. The van der Waals surface area contributed by atoms with Gasteiger partial charge in [0, 0.05) is 22.7 Å². The average molecular weight is 369 g/mol. The number of pyridine rings is 1. The van der Waals surface area contributed by atoms with Gasteiger partial charge in [-0.25, -0.2) is 0 Å². The van der Waals surface area contributed by atoms with Crippen LogP contribution in [0, 0.1) is 13.8 Å². The molecule has 4 nitrogen and oxygen atoms in total. The standard InChI is InChI=1S/C21H21ClN2O2/c1-13-10-14(2)21-18(11-13)24(9-8-19(21)25)12-20(26)23-15(3)16-4-6-17(22)7-5-16/h4-11,15H,12H2,1-3H3,(H,23,26)/t15-/m0/s1. The molecular weight excluding hydrogens is 348 g/mol. The summed E-state index contributed by atoms with van der Waals surface area (Å²) in [6.45, 7) is 5.98. The molecule has 0 bridgehead atoms. The van der Waals surface area contributed by atoms with Crippen LogP contribution in [0.1, 0.15) is 29.7 Å². The molecule has 1 aromatic heterocycles. The van der Waals surface area contributed by atoms with Crippen LogP contribution >= 0.6 is 11.6 Å². The Bertz CT molecular complexity index is 1020. The predicted molar refractivity (Wildman–Crippen MR) is 106 cm³/mol. The minimum Gasteiger partial charge on any atom is -0.348 e. The fourth-order valence-corrected chi connectivity index (χ4v) is 3.35. The van der Waals surface area contributed by atoms with E-state index in [0.29, 0.717) is 10.4 Å². The Morgan fingerprint density at radius 1 is 1.15 bits per heavy atom. The summed E-state index contributed by atoms with van der Waals surface area (Å²) in [6, 6.07) is 12.7. The van der Waals surface area contributed by atoms with E-state index in [9.17, 15) is 9.59 Å². The molecular formula is C21H21ClN2O2. The Hall–Kier alpha value is -2.59. The van der Waals surface area contributed by atoms with E-state index in [1.54, 1.807) is 18.3 Å². The maximum Gasteiger partial charge on any atom is 0.240 e. The summed E-state index contributed by atoms with van der Waals surface area (Å²) in [5.74, 6) is -0.114. The summed E-state index contributed by atoms with van der Waals surface area (Å²) in [5, 5.41) is 4.32. The number of aryl methyl sites for hydroxylation is 2. The van der Waals surface area contributed by atoms with Crippen LogP contribution in [0.5, 0.6) is 0 Å². The van der Waals surface area contributed by atoms with Crippen LogP contribution in [0.15, 0.2) is 53.5 Å². The van der Waals surface area contributed by atoms with Gasteiger partial charge in [0.25, 0.3) is 0 Å². The number of halogens is 1. The fraction of sp³-hybridized carbons (Fsp3) is 0.238. The topological polar surface area (TPSA) is 51.1 Å². The van der Waals surface area contributed by atoms with Gasteiger partial charge in [-0.05, 0) is 55.7 Å². The molecule has 1 N–H and O–H groups in total. The monoisotopic (exact) mass is 368 g/mol. The highest BCUT2D eigenvalue weighted by atomic mass is 35.5. The Labute approximate surface area is 157 Å². The fourth-order valence-electron chi connectivity index (χ4n) is 3.23. The first kappa shape index (κ1) is 18.2. The number of rotatable bonds is 4. The van der Waals surface area contributed by atoms with Crippen LogP contribution in [0.2, 0.25) is 5.02 Å². The van der Waals surface area contributed by atoms with E-state index in [0.717, 1.165) is 22.2 Å². The van der Waals surface area contributed by atoms with E-state index >= 15 is 0 Å². The summed E-state index contributed by atoms with van der Waals surface area (Å²) >= 11 is 5.91. The van der Waals surface area contributed by atoms with E-state index in [2.05, 4.69) is 5.32 Å². The highest BCUT2D eigenvalue weighted by Gasteiger charge is 2.12. The number of hydrogen-bond acceptors (Lipinski definition) is 2.